The number of aliphatic hydroxyl groups excluding tert-OH is 1. The van der Waals surface area contributed by atoms with Crippen molar-refractivity contribution in [2.45, 2.75) is 82.4 Å². The summed E-state index contributed by atoms with van der Waals surface area (Å²) in [6.45, 7) is 4.76. The summed E-state index contributed by atoms with van der Waals surface area (Å²) in [7, 11) is 0. The van der Waals surface area contributed by atoms with E-state index in [2.05, 4.69) is 21.3 Å². The van der Waals surface area contributed by atoms with Gasteiger partial charge in [0, 0.05) is 19.6 Å². The molecule has 258 valence electrons. The van der Waals surface area contributed by atoms with Gasteiger partial charge >= 0.3 is 5.97 Å². The first kappa shape index (κ1) is 37.6. The van der Waals surface area contributed by atoms with Gasteiger partial charge in [0.2, 0.25) is 17.7 Å². The Morgan fingerprint density at radius 2 is 1.55 bits per heavy atom. The third kappa shape index (κ3) is 12.3. The van der Waals surface area contributed by atoms with Crippen LogP contribution in [0.2, 0.25) is 0 Å². The fraction of sp³-hybridized carbons (Fsp3) is 0.529. The molecule has 1 heterocycles. The number of carbonyl (C=O) groups is 4. The van der Waals surface area contributed by atoms with Crippen LogP contribution in [-0.2, 0) is 32.0 Å². The Kier molecular flexibility index (Phi) is 15.2. The van der Waals surface area contributed by atoms with Crippen molar-refractivity contribution in [2.24, 2.45) is 17.4 Å². The molecule has 0 aliphatic carbocycles. The van der Waals surface area contributed by atoms with Crippen molar-refractivity contribution in [3.8, 4) is 0 Å². The van der Waals surface area contributed by atoms with Gasteiger partial charge in [0.1, 0.15) is 18.3 Å². The summed E-state index contributed by atoms with van der Waals surface area (Å²) in [4.78, 5) is 53.5. The fourth-order valence-corrected chi connectivity index (χ4v) is 5.59. The normalized spacial score (nSPS) is 18.1. The van der Waals surface area contributed by atoms with E-state index in [-0.39, 0.29) is 31.2 Å². The number of nitrogens with zero attached hydrogens (tertiary/aromatic N) is 1. The lowest BCUT2D eigenvalue weighted by molar-refractivity contribution is -0.144. The molecule has 1 saturated heterocycles. The highest BCUT2D eigenvalue weighted by Crippen LogP contribution is 2.13. The van der Waals surface area contributed by atoms with Crippen LogP contribution in [0.15, 0.2) is 60.7 Å². The summed E-state index contributed by atoms with van der Waals surface area (Å²) in [6.07, 6.45) is 0.288. The van der Waals surface area contributed by atoms with E-state index in [4.69, 9.17) is 11.5 Å². The number of carbonyl (C=O) groups excluding carboxylic acids is 3. The molecule has 3 amide bonds. The summed E-state index contributed by atoms with van der Waals surface area (Å²) in [5, 5.41) is 32.6. The van der Waals surface area contributed by atoms with E-state index >= 15 is 0 Å². The van der Waals surface area contributed by atoms with Crippen molar-refractivity contribution in [1.82, 2.24) is 26.2 Å². The molecule has 0 radical (unpaired) electrons. The number of hydrogen-bond donors (Lipinski definition) is 8. The van der Waals surface area contributed by atoms with Crippen molar-refractivity contribution in [3.63, 3.8) is 0 Å². The maximum absolute atomic E-state index is 13.8. The lowest BCUT2D eigenvalue weighted by Gasteiger charge is -2.35. The predicted molar refractivity (Wildman–Crippen MR) is 179 cm³/mol. The van der Waals surface area contributed by atoms with Crippen molar-refractivity contribution < 1.29 is 29.4 Å². The van der Waals surface area contributed by atoms with Crippen LogP contribution in [0.1, 0.15) is 44.2 Å². The average Bonchev–Trinajstić information content (AvgIpc) is 3.06. The fourth-order valence-electron chi connectivity index (χ4n) is 5.59. The molecular formula is C34H51N7O6. The molecule has 0 aromatic heterocycles. The van der Waals surface area contributed by atoms with E-state index in [1.807, 2.05) is 74.5 Å². The number of amides is 3. The number of aliphatic carboxylic acids is 1. The topological polar surface area (TPSA) is 212 Å². The van der Waals surface area contributed by atoms with E-state index in [1.54, 1.807) is 0 Å². The largest absolute Gasteiger partial charge is 0.480 e. The highest BCUT2D eigenvalue weighted by atomic mass is 16.4. The molecule has 1 aliphatic heterocycles. The molecule has 2 aromatic rings. The minimum absolute atomic E-state index is 0.0250. The Morgan fingerprint density at radius 3 is 2.13 bits per heavy atom. The third-order valence-electron chi connectivity index (χ3n) is 8.13. The summed E-state index contributed by atoms with van der Waals surface area (Å²) < 4.78 is 0. The SMILES string of the molecule is CC(C)C[C@@H](NC(O)[C@@H](Cc1ccccc1)NC(=O)[C@H](N)Cc1ccccc1)C(=O)N[C@H](CCCN)C(=O)N1CCNC(C(=O)O)C1. The van der Waals surface area contributed by atoms with Gasteiger partial charge in [-0.3, -0.25) is 24.5 Å². The van der Waals surface area contributed by atoms with Crippen molar-refractivity contribution >= 4 is 23.7 Å². The van der Waals surface area contributed by atoms with E-state index < -0.39 is 54.2 Å². The van der Waals surface area contributed by atoms with Gasteiger partial charge in [-0.05, 0) is 55.7 Å². The molecule has 0 saturated carbocycles. The quantitative estimate of drug-likeness (QED) is 0.0986. The number of hydrogen-bond acceptors (Lipinski definition) is 9. The second-order valence-electron chi connectivity index (χ2n) is 12.5. The lowest BCUT2D eigenvalue weighted by Crippen LogP contribution is -2.62. The minimum Gasteiger partial charge on any atom is -0.480 e. The Bertz CT molecular complexity index is 1280. The molecule has 13 nitrogen and oxygen atoms in total. The standard InChI is InChI=1S/C34H51N7O6/c1-22(2)18-27(31(43)38-26(14-9-15-35)33(45)41-17-16-37-29(21-41)34(46)47)40-32(44)28(20-24-12-7-4-8-13-24)39-30(42)25(36)19-23-10-5-3-6-11-23/h3-8,10-13,22,25-29,32,37,40,44H,9,14-21,35-36H2,1-2H3,(H,38,43)(H,39,42)(H,46,47)/t25-,26-,27-,28-,29?,32?/m1/s1. The maximum atomic E-state index is 13.8. The van der Waals surface area contributed by atoms with E-state index in [0.29, 0.717) is 38.9 Å². The first-order valence-corrected chi connectivity index (χ1v) is 16.3. The highest BCUT2D eigenvalue weighted by Gasteiger charge is 2.35. The van der Waals surface area contributed by atoms with Crippen LogP contribution >= 0.6 is 0 Å². The lowest BCUT2D eigenvalue weighted by atomic mass is 9.99. The number of benzene rings is 2. The van der Waals surface area contributed by atoms with E-state index in [1.165, 1.54) is 4.90 Å². The van der Waals surface area contributed by atoms with Crippen molar-refractivity contribution in [3.05, 3.63) is 71.8 Å². The van der Waals surface area contributed by atoms with Crippen LogP contribution in [0.4, 0.5) is 0 Å². The predicted octanol–water partition coefficient (Wildman–Crippen LogP) is -0.285. The number of nitrogens with one attached hydrogen (secondary N) is 4. The first-order valence-electron chi connectivity index (χ1n) is 16.3. The van der Waals surface area contributed by atoms with E-state index in [0.717, 1.165) is 11.1 Å². The zero-order valence-corrected chi connectivity index (χ0v) is 27.3. The molecule has 13 heteroatoms. The minimum atomic E-state index is -1.35. The van der Waals surface area contributed by atoms with Gasteiger partial charge in [-0.2, -0.15) is 0 Å². The van der Waals surface area contributed by atoms with Gasteiger partial charge in [0.15, 0.2) is 0 Å². The molecule has 10 N–H and O–H groups in total. The van der Waals surface area contributed by atoms with Crippen LogP contribution in [0, 0.1) is 5.92 Å². The molecule has 6 atom stereocenters. The molecule has 2 unspecified atom stereocenters. The Balaban J connectivity index is 1.76. The van der Waals surface area contributed by atoms with Gasteiger partial charge in [0.25, 0.3) is 0 Å². The van der Waals surface area contributed by atoms with Crippen molar-refractivity contribution in [1.29, 1.82) is 0 Å². The van der Waals surface area contributed by atoms with Crippen LogP contribution in [-0.4, -0.2) is 101 Å². The molecule has 1 fully saturated rings. The second kappa shape index (κ2) is 19.1. The van der Waals surface area contributed by atoms with Gasteiger partial charge in [0.05, 0.1) is 18.1 Å². The van der Waals surface area contributed by atoms with Crippen LogP contribution in [0.5, 0.6) is 0 Å². The van der Waals surface area contributed by atoms with Crippen LogP contribution < -0.4 is 32.7 Å². The van der Waals surface area contributed by atoms with E-state index in [9.17, 15) is 29.4 Å². The van der Waals surface area contributed by atoms with Gasteiger partial charge in [-0.15, -0.1) is 0 Å². The summed E-state index contributed by atoms with van der Waals surface area (Å²) in [6, 6.07) is 14.3. The van der Waals surface area contributed by atoms with Gasteiger partial charge in [-0.1, -0.05) is 74.5 Å². The molecule has 47 heavy (non-hydrogen) atoms. The van der Waals surface area contributed by atoms with Crippen LogP contribution in [0.3, 0.4) is 0 Å². The Labute approximate surface area is 276 Å². The molecule has 2 aromatic carbocycles. The average molecular weight is 654 g/mol. The monoisotopic (exact) mass is 653 g/mol. The first-order chi connectivity index (χ1) is 22.5. The number of piperazine rings is 1. The maximum Gasteiger partial charge on any atom is 0.322 e. The third-order valence-corrected chi connectivity index (χ3v) is 8.13. The zero-order valence-electron chi connectivity index (χ0n) is 27.3. The number of rotatable bonds is 18. The number of nitrogens with two attached hydrogens (primary N) is 2. The summed E-state index contributed by atoms with van der Waals surface area (Å²) in [5.41, 5.74) is 13.7. The van der Waals surface area contributed by atoms with Crippen LogP contribution in [0.25, 0.3) is 0 Å². The molecular weight excluding hydrogens is 602 g/mol. The molecule has 0 bridgehead atoms. The zero-order chi connectivity index (χ0) is 34.3. The second-order valence-corrected chi connectivity index (χ2v) is 12.5. The smallest absolute Gasteiger partial charge is 0.322 e. The molecule has 3 rings (SSSR count). The summed E-state index contributed by atoms with van der Waals surface area (Å²) >= 11 is 0. The summed E-state index contributed by atoms with van der Waals surface area (Å²) in [5.74, 6) is -2.34. The molecule has 1 aliphatic rings. The number of aliphatic hydroxyl groups is 1. The number of carboxylic acid groups (broad SMARTS) is 1. The Morgan fingerprint density at radius 1 is 0.936 bits per heavy atom. The van der Waals surface area contributed by atoms with Gasteiger partial charge in [-0.25, -0.2) is 0 Å². The highest BCUT2D eigenvalue weighted by molar-refractivity contribution is 5.90. The van der Waals surface area contributed by atoms with Crippen molar-refractivity contribution in [2.75, 3.05) is 26.2 Å². The molecule has 0 spiro atoms. The Hall–Kier alpha value is -3.88. The van der Waals surface area contributed by atoms with Gasteiger partial charge < -0.3 is 42.5 Å². The number of carboxylic acids is 1.